The van der Waals surface area contributed by atoms with Gasteiger partial charge in [-0.3, -0.25) is 4.79 Å². The number of nitrogens with zero attached hydrogens (tertiary/aromatic N) is 2. The van der Waals surface area contributed by atoms with Crippen LogP contribution >= 0.6 is 11.6 Å². The Kier molecular flexibility index (Phi) is 3.87. The fraction of sp³-hybridized carbons (Fsp3) is 0.385. The Morgan fingerprint density at radius 3 is 2.67 bits per heavy atom. The highest BCUT2D eigenvalue weighted by molar-refractivity contribution is 6.34. The van der Waals surface area contributed by atoms with Crippen molar-refractivity contribution in [2.24, 2.45) is 5.16 Å². The molecule has 0 aliphatic carbocycles. The first-order valence-corrected chi connectivity index (χ1v) is 6.25. The minimum atomic E-state index is -0.0549. The van der Waals surface area contributed by atoms with Crippen LogP contribution in [0.3, 0.4) is 0 Å². The molecular formula is C13H15ClN2O2. The van der Waals surface area contributed by atoms with E-state index >= 15 is 0 Å². The van der Waals surface area contributed by atoms with Crippen LogP contribution in [0.4, 0.5) is 0 Å². The number of carbonyl (C=O) groups is 1. The molecule has 1 aliphatic heterocycles. The molecule has 0 atom stereocenters. The van der Waals surface area contributed by atoms with Crippen molar-refractivity contribution < 1.29 is 10.0 Å². The Bertz CT molecular complexity index is 490. The zero-order valence-corrected chi connectivity index (χ0v) is 10.9. The van der Waals surface area contributed by atoms with E-state index in [1.54, 1.807) is 11.0 Å². The first kappa shape index (κ1) is 12.9. The number of likely N-dealkylation sites (tertiary alicyclic amines) is 1. The van der Waals surface area contributed by atoms with Gasteiger partial charge in [-0.15, -0.1) is 0 Å². The highest BCUT2D eigenvalue weighted by atomic mass is 35.5. The van der Waals surface area contributed by atoms with Gasteiger partial charge < -0.3 is 10.1 Å². The number of hydrogen-bond donors (Lipinski definition) is 1. The summed E-state index contributed by atoms with van der Waals surface area (Å²) in [5.41, 5.74) is 2.19. The van der Waals surface area contributed by atoms with E-state index in [4.69, 9.17) is 16.8 Å². The van der Waals surface area contributed by atoms with Crippen molar-refractivity contribution in [1.82, 2.24) is 4.90 Å². The van der Waals surface area contributed by atoms with Gasteiger partial charge in [-0.2, -0.15) is 0 Å². The molecule has 4 nitrogen and oxygen atoms in total. The number of benzene rings is 1. The molecule has 0 saturated carbocycles. The quantitative estimate of drug-likeness (QED) is 0.628. The van der Waals surface area contributed by atoms with Crippen molar-refractivity contribution in [2.75, 3.05) is 13.1 Å². The van der Waals surface area contributed by atoms with E-state index in [1.165, 1.54) is 0 Å². The second-order valence-electron chi connectivity index (χ2n) is 4.39. The summed E-state index contributed by atoms with van der Waals surface area (Å²) < 4.78 is 0. The molecule has 1 fully saturated rings. The summed E-state index contributed by atoms with van der Waals surface area (Å²) in [7, 11) is 0. The molecule has 5 heteroatoms. The Morgan fingerprint density at radius 1 is 1.39 bits per heavy atom. The number of hydrogen-bond acceptors (Lipinski definition) is 3. The van der Waals surface area contributed by atoms with Crippen LogP contribution in [0.25, 0.3) is 0 Å². The molecule has 1 aliphatic rings. The number of halogens is 1. The van der Waals surface area contributed by atoms with Crippen molar-refractivity contribution in [3.8, 4) is 0 Å². The lowest BCUT2D eigenvalue weighted by Gasteiger charge is -2.27. The van der Waals surface area contributed by atoms with Crippen LogP contribution in [0.15, 0.2) is 23.4 Å². The fourth-order valence-corrected chi connectivity index (χ4v) is 2.26. The molecule has 0 radical (unpaired) electrons. The second-order valence-corrected chi connectivity index (χ2v) is 4.77. The SMILES string of the molecule is Cc1cccc(C(=O)N2CCC(=NO)CC2)c1Cl. The maximum absolute atomic E-state index is 12.3. The monoisotopic (exact) mass is 266 g/mol. The number of rotatable bonds is 1. The average molecular weight is 267 g/mol. The maximum atomic E-state index is 12.3. The first-order chi connectivity index (χ1) is 8.63. The van der Waals surface area contributed by atoms with Crippen LogP contribution in [-0.2, 0) is 0 Å². The molecule has 0 bridgehead atoms. The van der Waals surface area contributed by atoms with E-state index in [0.29, 0.717) is 36.5 Å². The van der Waals surface area contributed by atoms with Crippen molar-refractivity contribution in [1.29, 1.82) is 0 Å². The van der Waals surface area contributed by atoms with Gasteiger partial charge in [-0.25, -0.2) is 0 Å². The Hall–Kier alpha value is -1.55. The number of carbonyl (C=O) groups excluding carboxylic acids is 1. The predicted octanol–water partition coefficient (Wildman–Crippen LogP) is 2.71. The van der Waals surface area contributed by atoms with Gasteiger partial charge in [0.15, 0.2) is 0 Å². The van der Waals surface area contributed by atoms with Crippen LogP contribution in [0.5, 0.6) is 0 Å². The molecule has 18 heavy (non-hydrogen) atoms. The van der Waals surface area contributed by atoms with Gasteiger partial charge in [0.05, 0.1) is 16.3 Å². The van der Waals surface area contributed by atoms with Crippen LogP contribution in [0.1, 0.15) is 28.8 Å². The maximum Gasteiger partial charge on any atom is 0.255 e. The molecule has 1 saturated heterocycles. The molecule has 0 unspecified atom stereocenters. The van der Waals surface area contributed by atoms with Gasteiger partial charge in [0.25, 0.3) is 5.91 Å². The topological polar surface area (TPSA) is 52.9 Å². The lowest BCUT2D eigenvalue weighted by atomic mass is 10.1. The minimum Gasteiger partial charge on any atom is -0.411 e. The smallest absolute Gasteiger partial charge is 0.255 e. The number of aryl methyl sites for hydroxylation is 1. The molecule has 0 spiro atoms. The van der Waals surface area contributed by atoms with Gasteiger partial charge in [-0.1, -0.05) is 28.9 Å². The number of piperidine rings is 1. The molecule has 1 N–H and O–H groups in total. The molecule has 1 aromatic rings. The normalized spacial score (nSPS) is 15.7. The fourth-order valence-electron chi connectivity index (χ4n) is 2.05. The second kappa shape index (κ2) is 5.40. The zero-order chi connectivity index (χ0) is 13.1. The summed E-state index contributed by atoms with van der Waals surface area (Å²) in [6.07, 6.45) is 1.23. The molecule has 0 aromatic heterocycles. The average Bonchev–Trinajstić information content (AvgIpc) is 2.41. The lowest BCUT2D eigenvalue weighted by Crippen LogP contribution is -2.38. The van der Waals surface area contributed by atoms with Gasteiger partial charge in [0, 0.05) is 25.9 Å². The highest BCUT2D eigenvalue weighted by Crippen LogP contribution is 2.22. The Labute approximate surface area is 111 Å². The molecule has 1 heterocycles. The van der Waals surface area contributed by atoms with Crippen molar-refractivity contribution in [3.63, 3.8) is 0 Å². The van der Waals surface area contributed by atoms with Crippen LogP contribution in [-0.4, -0.2) is 34.8 Å². The third-order valence-corrected chi connectivity index (χ3v) is 3.69. The zero-order valence-electron chi connectivity index (χ0n) is 10.2. The van der Waals surface area contributed by atoms with Gasteiger partial charge in [-0.05, 0) is 18.6 Å². The van der Waals surface area contributed by atoms with Crippen LogP contribution in [0, 0.1) is 6.92 Å². The van der Waals surface area contributed by atoms with Gasteiger partial charge in [0.2, 0.25) is 0 Å². The Morgan fingerprint density at radius 2 is 2.06 bits per heavy atom. The van der Waals surface area contributed by atoms with E-state index < -0.39 is 0 Å². The van der Waals surface area contributed by atoms with Crippen LogP contribution in [0.2, 0.25) is 5.02 Å². The van der Waals surface area contributed by atoms with Gasteiger partial charge in [0.1, 0.15) is 0 Å². The molecule has 1 amide bonds. The van der Waals surface area contributed by atoms with E-state index in [2.05, 4.69) is 5.16 Å². The van der Waals surface area contributed by atoms with E-state index in [0.717, 1.165) is 11.3 Å². The molecule has 1 aromatic carbocycles. The molecule has 96 valence electrons. The highest BCUT2D eigenvalue weighted by Gasteiger charge is 2.23. The van der Waals surface area contributed by atoms with Crippen LogP contribution < -0.4 is 0 Å². The first-order valence-electron chi connectivity index (χ1n) is 5.87. The molecular weight excluding hydrogens is 252 g/mol. The van der Waals surface area contributed by atoms with Crippen molar-refractivity contribution in [2.45, 2.75) is 19.8 Å². The summed E-state index contributed by atoms with van der Waals surface area (Å²) in [5.74, 6) is -0.0549. The van der Waals surface area contributed by atoms with Crippen molar-refractivity contribution in [3.05, 3.63) is 34.3 Å². The van der Waals surface area contributed by atoms with E-state index in [9.17, 15) is 4.79 Å². The third-order valence-electron chi connectivity index (χ3n) is 3.19. The predicted molar refractivity (Wildman–Crippen MR) is 70.5 cm³/mol. The standard InChI is InChI=1S/C13H15ClN2O2/c1-9-3-2-4-11(12(9)14)13(17)16-7-5-10(15-18)6-8-16/h2-4,18H,5-8H2,1H3. The third kappa shape index (κ3) is 2.48. The lowest BCUT2D eigenvalue weighted by molar-refractivity contribution is 0.0754. The van der Waals surface area contributed by atoms with E-state index in [1.807, 2.05) is 19.1 Å². The summed E-state index contributed by atoms with van der Waals surface area (Å²) in [6, 6.07) is 5.46. The number of amides is 1. The van der Waals surface area contributed by atoms with Gasteiger partial charge >= 0.3 is 0 Å². The Balaban J connectivity index is 2.15. The summed E-state index contributed by atoms with van der Waals surface area (Å²) >= 11 is 6.15. The molecule has 2 rings (SSSR count). The van der Waals surface area contributed by atoms with Crippen molar-refractivity contribution >= 4 is 23.2 Å². The minimum absolute atomic E-state index is 0.0549. The largest absolute Gasteiger partial charge is 0.411 e. The number of oxime groups is 1. The summed E-state index contributed by atoms with van der Waals surface area (Å²) in [4.78, 5) is 14.1. The summed E-state index contributed by atoms with van der Waals surface area (Å²) in [5, 5.41) is 12.4. The summed E-state index contributed by atoms with van der Waals surface area (Å²) in [6.45, 7) is 3.02. The van der Waals surface area contributed by atoms with E-state index in [-0.39, 0.29) is 5.91 Å².